The SMILES string of the molecule is CC[C@H](CO)NC(=O)c1cccnc1Cl. The Morgan fingerprint density at radius 1 is 1.73 bits per heavy atom. The first kappa shape index (κ1) is 11.9. The molecule has 0 saturated carbocycles. The Kier molecular flexibility index (Phi) is 4.52. The Morgan fingerprint density at radius 2 is 2.47 bits per heavy atom. The summed E-state index contributed by atoms with van der Waals surface area (Å²) < 4.78 is 0. The number of aromatic nitrogens is 1. The Bertz CT molecular complexity index is 340. The van der Waals surface area contributed by atoms with Gasteiger partial charge in [0.1, 0.15) is 5.15 Å². The molecular formula is C10H13ClN2O2. The van der Waals surface area contributed by atoms with E-state index in [9.17, 15) is 4.79 Å². The minimum Gasteiger partial charge on any atom is -0.394 e. The van der Waals surface area contributed by atoms with Crippen LogP contribution in [-0.2, 0) is 0 Å². The summed E-state index contributed by atoms with van der Waals surface area (Å²) in [4.78, 5) is 15.4. The Hall–Kier alpha value is -1.13. The zero-order valence-electron chi connectivity index (χ0n) is 8.40. The summed E-state index contributed by atoms with van der Waals surface area (Å²) >= 11 is 5.75. The molecule has 2 N–H and O–H groups in total. The fraction of sp³-hybridized carbons (Fsp3) is 0.400. The number of rotatable bonds is 4. The first-order valence-electron chi connectivity index (χ1n) is 4.71. The fourth-order valence-electron chi connectivity index (χ4n) is 1.10. The van der Waals surface area contributed by atoms with Crippen molar-refractivity contribution >= 4 is 17.5 Å². The number of amides is 1. The number of aliphatic hydroxyl groups excluding tert-OH is 1. The molecule has 0 aliphatic heterocycles. The maximum atomic E-state index is 11.6. The Labute approximate surface area is 93.3 Å². The summed E-state index contributed by atoms with van der Waals surface area (Å²) in [5, 5.41) is 11.8. The third kappa shape index (κ3) is 3.18. The molecule has 0 fully saturated rings. The van der Waals surface area contributed by atoms with Gasteiger partial charge in [0, 0.05) is 6.20 Å². The summed E-state index contributed by atoms with van der Waals surface area (Å²) in [7, 11) is 0. The van der Waals surface area contributed by atoms with Gasteiger partial charge in [0.25, 0.3) is 5.91 Å². The third-order valence-corrected chi connectivity index (χ3v) is 2.35. The second-order valence-electron chi connectivity index (χ2n) is 3.10. The lowest BCUT2D eigenvalue weighted by Gasteiger charge is -2.14. The number of pyridine rings is 1. The van der Waals surface area contributed by atoms with Crippen LogP contribution in [0.25, 0.3) is 0 Å². The highest BCUT2D eigenvalue weighted by atomic mass is 35.5. The van der Waals surface area contributed by atoms with Crippen LogP contribution in [-0.4, -0.2) is 28.6 Å². The van der Waals surface area contributed by atoms with E-state index in [2.05, 4.69) is 10.3 Å². The predicted molar refractivity (Wildman–Crippen MR) is 57.9 cm³/mol. The molecule has 1 amide bonds. The first-order chi connectivity index (χ1) is 7.19. The molecule has 0 aliphatic rings. The molecule has 5 heteroatoms. The summed E-state index contributed by atoms with van der Waals surface area (Å²) in [5.74, 6) is -0.311. The van der Waals surface area contributed by atoms with Crippen molar-refractivity contribution in [3.8, 4) is 0 Å². The minimum absolute atomic E-state index is 0.0832. The second kappa shape index (κ2) is 5.68. The molecule has 1 heterocycles. The van der Waals surface area contributed by atoms with Gasteiger partial charge in [0.05, 0.1) is 18.2 Å². The average molecular weight is 229 g/mol. The van der Waals surface area contributed by atoms with Gasteiger partial charge in [-0.15, -0.1) is 0 Å². The van der Waals surface area contributed by atoms with Crippen LogP contribution >= 0.6 is 11.6 Å². The Balaban J connectivity index is 2.73. The molecule has 1 rings (SSSR count). The largest absolute Gasteiger partial charge is 0.394 e. The average Bonchev–Trinajstić information content (AvgIpc) is 2.26. The zero-order valence-corrected chi connectivity index (χ0v) is 9.16. The molecule has 15 heavy (non-hydrogen) atoms. The van der Waals surface area contributed by atoms with Gasteiger partial charge in [0.15, 0.2) is 0 Å². The lowest BCUT2D eigenvalue weighted by Crippen LogP contribution is -2.37. The quantitative estimate of drug-likeness (QED) is 0.763. The van der Waals surface area contributed by atoms with Crippen LogP contribution in [0.15, 0.2) is 18.3 Å². The van der Waals surface area contributed by atoms with Crippen molar-refractivity contribution < 1.29 is 9.90 Å². The molecule has 0 unspecified atom stereocenters. The minimum atomic E-state index is -0.311. The van der Waals surface area contributed by atoms with Gasteiger partial charge in [0.2, 0.25) is 0 Å². The molecule has 0 bridgehead atoms. The van der Waals surface area contributed by atoms with E-state index in [0.29, 0.717) is 12.0 Å². The van der Waals surface area contributed by atoms with E-state index < -0.39 is 0 Å². The standard InChI is InChI=1S/C10H13ClN2O2/c1-2-7(6-14)13-10(15)8-4-3-5-12-9(8)11/h3-5,7,14H,2,6H2,1H3,(H,13,15)/t7-/m1/s1. The highest BCUT2D eigenvalue weighted by Gasteiger charge is 2.14. The molecule has 4 nitrogen and oxygen atoms in total. The van der Waals surface area contributed by atoms with Crippen LogP contribution in [0.5, 0.6) is 0 Å². The normalized spacial score (nSPS) is 12.2. The van der Waals surface area contributed by atoms with Gasteiger partial charge in [-0.25, -0.2) is 4.98 Å². The Morgan fingerprint density at radius 3 is 3.00 bits per heavy atom. The number of halogens is 1. The van der Waals surface area contributed by atoms with Crippen molar-refractivity contribution in [3.05, 3.63) is 29.0 Å². The molecule has 1 atom stereocenters. The predicted octanol–water partition coefficient (Wildman–Crippen LogP) is 1.24. The van der Waals surface area contributed by atoms with Crippen molar-refractivity contribution in [1.29, 1.82) is 0 Å². The van der Waals surface area contributed by atoms with E-state index in [1.165, 1.54) is 6.20 Å². The molecule has 82 valence electrons. The maximum Gasteiger partial charge on any atom is 0.254 e. The topological polar surface area (TPSA) is 62.2 Å². The van der Waals surface area contributed by atoms with Gasteiger partial charge < -0.3 is 10.4 Å². The molecule has 1 aromatic heterocycles. The molecular weight excluding hydrogens is 216 g/mol. The smallest absolute Gasteiger partial charge is 0.254 e. The number of nitrogens with one attached hydrogen (secondary N) is 1. The van der Waals surface area contributed by atoms with Crippen molar-refractivity contribution in [2.24, 2.45) is 0 Å². The summed E-state index contributed by atoms with van der Waals surface area (Å²) in [6.07, 6.45) is 2.18. The molecule has 0 saturated heterocycles. The van der Waals surface area contributed by atoms with Crippen LogP contribution in [0.1, 0.15) is 23.7 Å². The van der Waals surface area contributed by atoms with Crippen LogP contribution in [0, 0.1) is 0 Å². The van der Waals surface area contributed by atoms with Crippen LogP contribution in [0.3, 0.4) is 0 Å². The zero-order chi connectivity index (χ0) is 11.3. The van der Waals surface area contributed by atoms with Crippen molar-refractivity contribution in [2.45, 2.75) is 19.4 Å². The number of hydrogen-bond acceptors (Lipinski definition) is 3. The first-order valence-corrected chi connectivity index (χ1v) is 5.09. The molecule has 0 radical (unpaired) electrons. The number of aliphatic hydroxyl groups is 1. The van der Waals surface area contributed by atoms with Gasteiger partial charge in [-0.2, -0.15) is 0 Å². The summed E-state index contributed by atoms with van der Waals surface area (Å²) in [6, 6.07) is 2.99. The second-order valence-corrected chi connectivity index (χ2v) is 3.46. The summed E-state index contributed by atoms with van der Waals surface area (Å²) in [6.45, 7) is 1.80. The molecule has 0 aliphatic carbocycles. The van der Waals surface area contributed by atoms with Gasteiger partial charge in [-0.3, -0.25) is 4.79 Å². The molecule has 1 aromatic rings. The lowest BCUT2D eigenvalue weighted by molar-refractivity contribution is 0.0915. The monoisotopic (exact) mass is 228 g/mol. The number of carbonyl (C=O) groups is 1. The molecule has 0 spiro atoms. The fourth-order valence-corrected chi connectivity index (χ4v) is 1.30. The van der Waals surface area contributed by atoms with Crippen LogP contribution in [0.4, 0.5) is 0 Å². The van der Waals surface area contributed by atoms with Crippen molar-refractivity contribution in [3.63, 3.8) is 0 Å². The highest BCUT2D eigenvalue weighted by Crippen LogP contribution is 2.11. The summed E-state index contributed by atoms with van der Waals surface area (Å²) in [5.41, 5.74) is 0.325. The highest BCUT2D eigenvalue weighted by molar-refractivity contribution is 6.32. The van der Waals surface area contributed by atoms with E-state index in [4.69, 9.17) is 16.7 Å². The number of carbonyl (C=O) groups excluding carboxylic acids is 1. The van der Waals surface area contributed by atoms with E-state index in [-0.39, 0.29) is 23.7 Å². The van der Waals surface area contributed by atoms with Gasteiger partial charge in [-0.1, -0.05) is 18.5 Å². The van der Waals surface area contributed by atoms with Gasteiger partial charge in [-0.05, 0) is 18.6 Å². The third-order valence-electron chi connectivity index (χ3n) is 2.05. The lowest BCUT2D eigenvalue weighted by atomic mass is 10.2. The number of hydrogen-bond donors (Lipinski definition) is 2. The van der Waals surface area contributed by atoms with Crippen molar-refractivity contribution in [1.82, 2.24) is 10.3 Å². The van der Waals surface area contributed by atoms with Crippen LogP contribution in [0.2, 0.25) is 5.15 Å². The van der Waals surface area contributed by atoms with E-state index in [1.807, 2.05) is 6.92 Å². The van der Waals surface area contributed by atoms with Gasteiger partial charge >= 0.3 is 0 Å². The van der Waals surface area contributed by atoms with Crippen LogP contribution < -0.4 is 5.32 Å². The van der Waals surface area contributed by atoms with E-state index >= 15 is 0 Å². The maximum absolute atomic E-state index is 11.6. The van der Waals surface area contributed by atoms with Crippen molar-refractivity contribution in [2.75, 3.05) is 6.61 Å². The van der Waals surface area contributed by atoms with E-state index in [0.717, 1.165) is 0 Å². The number of nitrogens with zero attached hydrogens (tertiary/aromatic N) is 1. The van der Waals surface area contributed by atoms with E-state index in [1.54, 1.807) is 12.1 Å². The molecule has 0 aromatic carbocycles.